The predicted molar refractivity (Wildman–Crippen MR) is 57.6 cm³/mol. The molecule has 1 fully saturated rings. The van der Waals surface area contributed by atoms with E-state index in [9.17, 15) is 4.79 Å². The molecule has 0 amide bonds. The highest BCUT2D eigenvalue weighted by atomic mass is 16.5. The Balaban J connectivity index is 2.41. The molecule has 0 aromatic rings. The zero-order valence-electron chi connectivity index (χ0n) is 9.81. The minimum atomic E-state index is -0.250. The Hall–Kier alpha value is -1.12. The van der Waals surface area contributed by atoms with Crippen molar-refractivity contribution in [3.05, 3.63) is 0 Å². The van der Waals surface area contributed by atoms with Gasteiger partial charge in [-0.3, -0.25) is 9.69 Å². The van der Waals surface area contributed by atoms with Crippen LogP contribution in [0.2, 0.25) is 0 Å². The average Bonchev–Trinajstić information content (AvgIpc) is 2.29. The number of esters is 1. The minimum Gasteiger partial charge on any atom is -0.469 e. The van der Waals surface area contributed by atoms with Gasteiger partial charge in [-0.05, 0) is 6.92 Å². The second kappa shape index (κ2) is 6.46. The van der Waals surface area contributed by atoms with Gasteiger partial charge in [-0.15, -0.1) is 0 Å². The lowest BCUT2D eigenvalue weighted by atomic mass is 10.1. The SMILES string of the molecule is COC(=O)CC1CN(C(C)CC#N)CCO1. The maximum Gasteiger partial charge on any atom is 0.308 e. The van der Waals surface area contributed by atoms with Crippen molar-refractivity contribution < 1.29 is 14.3 Å². The van der Waals surface area contributed by atoms with Crippen LogP contribution in [-0.2, 0) is 14.3 Å². The molecule has 5 heteroatoms. The van der Waals surface area contributed by atoms with Crippen LogP contribution in [0.4, 0.5) is 0 Å². The minimum absolute atomic E-state index is 0.109. The largest absolute Gasteiger partial charge is 0.469 e. The van der Waals surface area contributed by atoms with Crippen molar-refractivity contribution in [1.82, 2.24) is 4.90 Å². The van der Waals surface area contributed by atoms with Gasteiger partial charge in [-0.1, -0.05) is 0 Å². The van der Waals surface area contributed by atoms with Crippen LogP contribution in [0.1, 0.15) is 19.8 Å². The first-order valence-electron chi connectivity index (χ1n) is 5.46. The molecule has 16 heavy (non-hydrogen) atoms. The number of nitrogens with zero attached hydrogens (tertiary/aromatic N) is 2. The van der Waals surface area contributed by atoms with E-state index in [2.05, 4.69) is 15.7 Å². The normalized spacial score (nSPS) is 23.4. The first-order valence-corrected chi connectivity index (χ1v) is 5.46. The lowest BCUT2D eigenvalue weighted by Crippen LogP contribution is -2.47. The maximum atomic E-state index is 11.1. The Morgan fingerprint density at radius 2 is 2.50 bits per heavy atom. The molecular formula is C11H18N2O3. The summed E-state index contributed by atoms with van der Waals surface area (Å²) in [5, 5.41) is 8.63. The van der Waals surface area contributed by atoms with Gasteiger partial charge in [0.2, 0.25) is 0 Å². The molecule has 0 saturated carbocycles. The predicted octanol–water partition coefficient (Wildman–Crippen LogP) is 0.552. The molecule has 0 radical (unpaired) electrons. The van der Waals surface area contributed by atoms with E-state index >= 15 is 0 Å². The van der Waals surface area contributed by atoms with Crippen molar-refractivity contribution in [3.8, 4) is 6.07 Å². The van der Waals surface area contributed by atoms with Gasteiger partial charge in [0, 0.05) is 19.1 Å². The fraction of sp³-hybridized carbons (Fsp3) is 0.818. The smallest absolute Gasteiger partial charge is 0.308 e. The van der Waals surface area contributed by atoms with Gasteiger partial charge in [-0.2, -0.15) is 5.26 Å². The number of methoxy groups -OCH3 is 1. The standard InChI is InChI=1S/C11H18N2O3/c1-9(3-4-12)13-5-6-16-10(8-13)7-11(14)15-2/h9-10H,3,5-8H2,1-2H3. The molecule has 0 N–H and O–H groups in total. The van der Waals surface area contributed by atoms with Crippen LogP contribution in [0.3, 0.4) is 0 Å². The second-order valence-electron chi connectivity index (χ2n) is 3.98. The molecule has 1 aliphatic heterocycles. The molecule has 1 aliphatic rings. The Bertz CT molecular complexity index is 275. The third-order valence-corrected chi connectivity index (χ3v) is 2.80. The Morgan fingerprint density at radius 1 is 1.75 bits per heavy atom. The number of hydrogen-bond acceptors (Lipinski definition) is 5. The summed E-state index contributed by atoms with van der Waals surface area (Å²) >= 11 is 0. The fourth-order valence-electron chi connectivity index (χ4n) is 1.80. The molecule has 90 valence electrons. The van der Waals surface area contributed by atoms with E-state index < -0.39 is 0 Å². The van der Waals surface area contributed by atoms with Crippen molar-refractivity contribution in [2.75, 3.05) is 26.8 Å². The van der Waals surface area contributed by atoms with Crippen LogP contribution in [0.5, 0.6) is 0 Å². The van der Waals surface area contributed by atoms with E-state index in [1.54, 1.807) is 0 Å². The average molecular weight is 226 g/mol. The van der Waals surface area contributed by atoms with Gasteiger partial charge in [0.15, 0.2) is 0 Å². The monoisotopic (exact) mass is 226 g/mol. The van der Waals surface area contributed by atoms with Crippen LogP contribution in [0.15, 0.2) is 0 Å². The van der Waals surface area contributed by atoms with Crippen LogP contribution in [0, 0.1) is 11.3 Å². The van der Waals surface area contributed by atoms with Gasteiger partial charge >= 0.3 is 5.97 Å². The summed E-state index contributed by atoms with van der Waals surface area (Å²) < 4.78 is 10.1. The van der Waals surface area contributed by atoms with Gasteiger partial charge < -0.3 is 9.47 Å². The van der Waals surface area contributed by atoms with Gasteiger partial charge in [0.25, 0.3) is 0 Å². The molecule has 0 aromatic heterocycles. The van der Waals surface area contributed by atoms with E-state index in [0.717, 1.165) is 6.54 Å². The molecule has 1 saturated heterocycles. The summed E-state index contributed by atoms with van der Waals surface area (Å²) in [5.41, 5.74) is 0. The van der Waals surface area contributed by atoms with Crippen molar-refractivity contribution in [2.24, 2.45) is 0 Å². The van der Waals surface area contributed by atoms with E-state index in [0.29, 0.717) is 19.6 Å². The molecule has 0 aromatic carbocycles. The number of rotatable bonds is 4. The lowest BCUT2D eigenvalue weighted by molar-refractivity contribution is -0.146. The van der Waals surface area contributed by atoms with Crippen LogP contribution in [-0.4, -0.2) is 49.8 Å². The lowest BCUT2D eigenvalue weighted by Gasteiger charge is -2.35. The highest BCUT2D eigenvalue weighted by molar-refractivity contribution is 5.69. The topological polar surface area (TPSA) is 62.6 Å². The van der Waals surface area contributed by atoms with E-state index in [4.69, 9.17) is 10.00 Å². The summed E-state index contributed by atoms with van der Waals surface area (Å²) in [7, 11) is 1.38. The van der Waals surface area contributed by atoms with Crippen molar-refractivity contribution in [1.29, 1.82) is 5.26 Å². The van der Waals surface area contributed by atoms with Crippen molar-refractivity contribution in [2.45, 2.75) is 31.9 Å². The number of nitriles is 1. The zero-order chi connectivity index (χ0) is 12.0. The van der Waals surface area contributed by atoms with Crippen molar-refractivity contribution >= 4 is 5.97 Å². The first kappa shape index (κ1) is 12.9. The highest BCUT2D eigenvalue weighted by Crippen LogP contribution is 2.13. The first-order chi connectivity index (χ1) is 7.67. The molecule has 0 bridgehead atoms. The van der Waals surface area contributed by atoms with Crippen LogP contribution >= 0.6 is 0 Å². The number of carbonyl (C=O) groups excluding carboxylic acids is 1. The van der Waals surface area contributed by atoms with Crippen LogP contribution in [0.25, 0.3) is 0 Å². The molecule has 1 rings (SSSR count). The summed E-state index contributed by atoms with van der Waals surface area (Å²) in [4.78, 5) is 13.3. The Morgan fingerprint density at radius 3 is 3.12 bits per heavy atom. The molecule has 1 heterocycles. The van der Waals surface area contributed by atoms with Gasteiger partial charge in [-0.25, -0.2) is 0 Å². The number of ether oxygens (including phenoxy) is 2. The highest BCUT2D eigenvalue weighted by Gasteiger charge is 2.25. The summed E-state index contributed by atoms with van der Waals surface area (Å²) in [6.07, 6.45) is 0.680. The summed E-state index contributed by atoms with van der Waals surface area (Å²) in [5.74, 6) is -0.250. The third-order valence-electron chi connectivity index (χ3n) is 2.80. The Labute approximate surface area is 95.9 Å². The van der Waals surface area contributed by atoms with Gasteiger partial charge in [0.1, 0.15) is 0 Å². The molecule has 2 atom stereocenters. The third kappa shape index (κ3) is 3.80. The zero-order valence-corrected chi connectivity index (χ0v) is 9.81. The second-order valence-corrected chi connectivity index (χ2v) is 3.98. The summed E-state index contributed by atoms with van der Waals surface area (Å²) in [6, 6.07) is 2.37. The summed E-state index contributed by atoms with van der Waals surface area (Å²) in [6.45, 7) is 4.14. The van der Waals surface area contributed by atoms with E-state index in [1.165, 1.54) is 7.11 Å². The number of morpholine rings is 1. The quantitative estimate of drug-likeness (QED) is 0.655. The number of carbonyl (C=O) groups is 1. The van der Waals surface area contributed by atoms with Crippen LogP contribution < -0.4 is 0 Å². The molecule has 0 spiro atoms. The van der Waals surface area contributed by atoms with E-state index in [1.807, 2.05) is 6.92 Å². The van der Waals surface area contributed by atoms with Gasteiger partial charge in [0.05, 0.1) is 38.7 Å². The fourth-order valence-corrected chi connectivity index (χ4v) is 1.80. The van der Waals surface area contributed by atoms with E-state index in [-0.39, 0.29) is 24.5 Å². The molecule has 0 aliphatic carbocycles. The van der Waals surface area contributed by atoms with Crippen molar-refractivity contribution in [3.63, 3.8) is 0 Å². The molecule has 2 unspecified atom stereocenters. The maximum absolute atomic E-state index is 11.1. The number of hydrogen-bond donors (Lipinski definition) is 0. The molecule has 5 nitrogen and oxygen atoms in total. The Kier molecular flexibility index (Phi) is 5.23. The molecular weight excluding hydrogens is 208 g/mol.